The van der Waals surface area contributed by atoms with Crippen molar-refractivity contribution in [2.24, 2.45) is 5.41 Å². The first-order chi connectivity index (χ1) is 7.43. The maximum absolute atomic E-state index is 10.8. The molecule has 2 rings (SSSR count). The molecular weight excluding hydrogens is 238 g/mol. The smallest absolute Gasteiger partial charge is 0.0897 e. The summed E-state index contributed by atoms with van der Waals surface area (Å²) in [5, 5.41) is 14.0. The van der Waals surface area contributed by atoms with Gasteiger partial charge in [0, 0.05) is 17.6 Å². The van der Waals surface area contributed by atoms with E-state index in [2.05, 4.69) is 24.2 Å². The summed E-state index contributed by atoms with van der Waals surface area (Å²) in [6, 6.07) is 0. The SMILES string of the molecule is Cc1nc(CC2(O)CSCCC2(C)C)cs1. The Labute approximate surface area is 105 Å². The van der Waals surface area contributed by atoms with Crippen LogP contribution in [0.2, 0.25) is 0 Å². The van der Waals surface area contributed by atoms with E-state index in [1.54, 1.807) is 11.3 Å². The standard InChI is InChI=1S/C12H19NOS2/c1-9-13-10(7-16-9)6-12(14)8-15-5-4-11(12,2)3/h7,14H,4-6,8H2,1-3H3. The molecule has 1 unspecified atom stereocenters. The Morgan fingerprint density at radius 2 is 2.25 bits per heavy atom. The Balaban J connectivity index is 2.17. The van der Waals surface area contributed by atoms with Gasteiger partial charge in [-0.15, -0.1) is 11.3 Å². The molecule has 2 heterocycles. The minimum absolute atomic E-state index is 0.00420. The molecule has 0 aromatic carbocycles. The van der Waals surface area contributed by atoms with Crippen molar-refractivity contribution in [1.29, 1.82) is 0 Å². The average Bonchev–Trinajstić information content (AvgIpc) is 2.57. The van der Waals surface area contributed by atoms with Crippen LogP contribution in [0.15, 0.2) is 5.38 Å². The average molecular weight is 257 g/mol. The zero-order valence-corrected chi connectivity index (χ0v) is 11.7. The summed E-state index contributed by atoms with van der Waals surface area (Å²) in [5.41, 5.74) is 0.437. The highest BCUT2D eigenvalue weighted by atomic mass is 32.2. The summed E-state index contributed by atoms with van der Waals surface area (Å²) in [7, 11) is 0. The lowest BCUT2D eigenvalue weighted by molar-refractivity contribution is -0.0518. The van der Waals surface area contributed by atoms with Gasteiger partial charge in [0.2, 0.25) is 0 Å². The molecule has 1 fully saturated rings. The summed E-state index contributed by atoms with van der Waals surface area (Å²) in [6.45, 7) is 6.36. The van der Waals surface area contributed by atoms with Crippen LogP contribution in [0.5, 0.6) is 0 Å². The van der Waals surface area contributed by atoms with Gasteiger partial charge < -0.3 is 5.11 Å². The highest BCUT2D eigenvalue weighted by Gasteiger charge is 2.45. The number of aromatic nitrogens is 1. The number of thioether (sulfide) groups is 1. The van der Waals surface area contributed by atoms with Gasteiger partial charge in [0.15, 0.2) is 0 Å². The molecule has 1 aliphatic rings. The van der Waals surface area contributed by atoms with Gasteiger partial charge in [-0.1, -0.05) is 13.8 Å². The number of aryl methyl sites for hydroxylation is 1. The van der Waals surface area contributed by atoms with Crippen LogP contribution in [0.25, 0.3) is 0 Å². The van der Waals surface area contributed by atoms with Crippen molar-refractivity contribution in [3.8, 4) is 0 Å². The molecule has 1 aromatic rings. The fraction of sp³-hybridized carbons (Fsp3) is 0.750. The Morgan fingerprint density at radius 3 is 2.81 bits per heavy atom. The fourth-order valence-electron chi connectivity index (χ4n) is 2.08. The minimum atomic E-state index is -0.601. The van der Waals surface area contributed by atoms with Crippen molar-refractivity contribution >= 4 is 23.1 Å². The zero-order valence-electron chi connectivity index (χ0n) is 10.1. The minimum Gasteiger partial charge on any atom is -0.388 e. The van der Waals surface area contributed by atoms with Gasteiger partial charge in [-0.25, -0.2) is 4.98 Å². The molecule has 0 bridgehead atoms. The summed E-state index contributed by atoms with van der Waals surface area (Å²) >= 11 is 3.52. The first-order valence-corrected chi connectivity index (χ1v) is 7.68. The number of hydrogen-bond donors (Lipinski definition) is 1. The van der Waals surface area contributed by atoms with E-state index >= 15 is 0 Å². The molecule has 4 heteroatoms. The van der Waals surface area contributed by atoms with Crippen molar-refractivity contribution in [2.75, 3.05) is 11.5 Å². The highest BCUT2D eigenvalue weighted by Crippen LogP contribution is 2.44. The van der Waals surface area contributed by atoms with Crippen LogP contribution in [0.1, 0.15) is 31.0 Å². The van der Waals surface area contributed by atoms with Crippen molar-refractivity contribution in [3.05, 3.63) is 16.1 Å². The van der Waals surface area contributed by atoms with E-state index in [4.69, 9.17) is 0 Å². The molecule has 1 aliphatic heterocycles. The summed E-state index contributed by atoms with van der Waals surface area (Å²) < 4.78 is 0. The summed E-state index contributed by atoms with van der Waals surface area (Å²) in [4.78, 5) is 4.46. The van der Waals surface area contributed by atoms with E-state index < -0.39 is 5.60 Å². The summed E-state index contributed by atoms with van der Waals surface area (Å²) in [6.07, 6.45) is 1.77. The third kappa shape index (κ3) is 2.29. The Hall–Kier alpha value is -0.0600. The van der Waals surface area contributed by atoms with Crippen LogP contribution in [-0.4, -0.2) is 27.2 Å². The predicted octanol–water partition coefficient (Wildman–Crippen LogP) is 2.89. The highest BCUT2D eigenvalue weighted by molar-refractivity contribution is 7.99. The Morgan fingerprint density at radius 1 is 1.50 bits per heavy atom. The second-order valence-corrected chi connectivity index (χ2v) is 7.42. The third-order valence-electron chi connectivity index (χ3n) is 3.61. The van der Waals surface area contributed by atoms with Crippen molar-refractivity contribution in [2.45, 2.75) is 39.2 Å². The molecule has 1 atom stereocenters. The molecule has 0 radical (unpaired) electrons. The number of thiazole rings is 1. The van der Waals surface area contributed by atoms with Crippen LogP contribution < -0.4 is 0 Å². The molecular formula is C12H19NOS2. The van der Waals surface area contributed by atoms with Gasteiger partial charge in [0.1, 0.15) is 0 Å². The second kappa shape index (κ2) is 4.31. The lowest BCUT2D eigenvalue weighted by Gasteiger charge is -2.46. The van der Waals surface area contributed by atoms with Crippen LogP contribution in [0, 0.1) is 12.3 Å². The van der Waals surface area contributed by atoms with E-state index in [0.29, 0.717) is 6.42 Å². The number of aliphatic hydroxyl groups is 1. The van der Waals surface area contributed by atoms with Gasteiger partial charge in [-0.2, -0.15) is 11.8 Å². The van der Waals surface area contributed by atoms with E-state index in [1.807, 2.05) is 18.7 Å². The lowest BCUT2D eigenvalue weighted by Crippen LogP contribution is -2.51. The number of hydrogen-bond acceptors (Lipinski definition) is 4. The van der Waals surface area contributed by atoms with E-state index in [1.165, 1.54) is 0 Å². The molecule has 0 spiro atoms. The molecule has 1 saturated heterocycles. The molecule has 0 aliphatic carbocycles. The van der Waals surface area contributed by atoms with Gasteiger partial charge in [0.05, 0.1) is 16.3 Å². The predicted molar refractivity (Wildman–Crippen MR) is 71.2 cm³/mol. The molecule has 1 aromatic heterocycles. The van der Waals surface area contributed by atoms with Gasteiger partial charge in [-0.3, -0.25) is 0 Å². The third-order valence-corrected chi connectivity index (χ3v) is 5.61. The molecule has 2 nitrogen and oxygen atoms in total. The van der Waals surface area contributed by atoms with Crippen molar-refractivity contribution in [1.82, 2.24) is 4.98 Å². The molecule has 0 saturated carbocycles. The number of rotatable bonds is 2. The van der Waals surface area contributed by atoms with E-state index in [0.717, 1.165) is 28.6 Å². The number of nitrogens with zero attached hydrogens (tertiary/aromatic N) is 1. The van der Waals surface area contributed by atoms with Crippen LogP contribution in [0.4, 0.5) is 0 Å². The summed E-state index contributed by atoms with van der Waals surface area (Å²) in [5.74, 6) is 1.99. The molecule has 90 valence electrons. The zero-order chi connectivity index (χ0) is 11.8. The normalized spacial score (nSPS) is 29.2. The van der Waals surface area contributed by atoms with Gasteiger partial charge >= 0.3 is 0 Å². The Bertz CT molecular complexity index is 375. The van der Waals surface area contributed by atoms with Crippen molar-refractivity contribution in [3.63, 3.8) is 0 Å². The quantitative estimate of drug-likeness (QED) is 0.884. The lowest BCUT2D eigenvalue weighted by atomic mass is 9.71. The van der Waals surface area contributed by atoms with E-state index in [9.17, 15) is 5.11 Å². The maximum atomic E-state index is 10.8. The maximum Gasteiger partial charge on any atom is 0.0897 e. The van der Waals surface area contributed by atoms with E-state index in [-0.39, 0.29) is 5.41 Å². The van der Waals surface area contributed by atoms with Gasteiger partial charge in [0.25, 0.3) is 0 Å². The fourth-order valence-corrected chi connectivity index (χ4v) is 4.32. The van der Waals surface area contributed by atoms with Crippen LogP contribution in [0.3, 0.4) is 0 Å². The molecule has 16 heavy (non-hydrogen) atoms. The largest absolute Gasteiger partial charge is 0.388 e. The second-order valence-electron chi connectivity index (χ2n) is 5.25. The Kier molecular flexibility index (Phi) is 3.34. The van der Waals surface area contributed by atoms with Crippen LogP contribution in [-0.2, 0) is 6.42 Å². The van der Waals surface area contributed by atoms with Crippen LogP contribution >= 0.6 is 23.1 Å². The molecule has 1 N–H and O–H groups in total. The first-order valence-electron chi connectivity index (χ1n) is 5.64. The first kappa shape index (κ1) is 12.4. The van der Waals surface area contributed by atoms with Gasteiger partial charge in [-0.05, 0) is 24.5 Å². The monoisotopic (exact) mass is 257 g/mol. The van der Waals surface area contributed by atoms with Crippen molar-refractivity contribution < 1.29 is 5.11 Å². The topological polar surface area (TPSA) is 33.1 Å². The molecule has 0 amide bonds.